The molecule has 0 radical (unpaired) electrons. The van der Waals surface area contributed by atoms with E-state index in [1.807, 2.05) is 6.20 Å². The number of nitrogens with zero attached hydrogens (tertiary/aromatic N) is 4. The molecule has 2 N–H and O–H groups in total. The summed E-state index contributed by atoms with van der Waals surface area (Å²) in [5.41, 5.74) is 1.15. The quantitative estimate of drug-likeness (QED) is 0.853. The highest BCUT2D eigenvalue weighted by atomic mass is 16.1. The smallest absolute Gasteiger partial charge is 0.220 e. The maximum absolute atomic E-state index is 12.0. The molecule has 1 aliphatic rings. The highest BCUT2D eigenvalue weighted by molar-refractivity contribution is 5.76. The van der Waals surface area contributed by atoms with Crippen LogP contribution in [0.15, 0.2) is 18.7 Å². The topological polar surface area (TPSA) is 88.5 Å². The van der Waals surface area contributed by atoms with Gasteiger partial charge in [-0.3, -0.25) is 9.89 Å². The van der Waals surface area contributed by atoms with Gasteiger partial charge in [0.05, 0.1) is 6.20 Å². The minimum Gasteiger partial charge on any atom is -0.353 e. The van der Waals surface area contributed by atoms with Crippen LogP contribution in [0.4, 0.5) is 0 Å². The van der Waals surface area contributed by atoms with Crippen molar-refractivity contribution in [2.75, 3.05) is 0 Å². The molecule has 0 bridgehead atoms. The van der Waals surface area contributed by atoms with Crippen molar-refractivity contribution in [3.05, 3.63) is 30.1 Å². The zero-order valence-electron chi connectivity index (χ0n) is 12.0. The van der Waals surface area contributed by atoms with Crippen LogP contribution in [-0.4, -0.2) is 36.9 Å². The SMILES string of the molecule is O=C(CCCc1cn[nH]c1)NC1CCc2nncn2CC1. The Bertz CT molecular complexity index is 554. The molecule has 0 aromatic carbocycles. The molecule has 2 aromatic rings. The van der Waals surface area contributed by atoms with E-state index in [1.54, 1.807) is 12.5 Å². The summed E-state index contributed by atoms with van der Waals surface area (Å²) in [4.78, 5) is 12.0. The Hall–Kier alpha value is -2.18. The van der Waals surface area contributed by atoms with Crippen molar-refractivity contribution in [3.8, 4) is 0 Å². The average Bonchev–Trinajstić information content (AvgIpc) is 3.10. The van der Waals surface area contributed by atoms with Gasteiger partial charge in [0.1, 0.15) is 12.2 Å². The van der Waals surface area contributed by atoms with Gasteiger partial charge in [0, 0.05) is 31.6 Å². The monoisotopic (exact) mass is 288 g/mol. The molecule has 0 saturated carbocycles. The third-order valence-corrected chi connectivity index (χ3v) is 3.92. The maximum atomic E-state index is 12.0. The van der Waals surface area contributed by atoms with Crippen molar-refractivity contribution in [1.29, 1.82) is 0 Å². The van der Waals surface area contributed by atoms with Gasteiger partial charge in [-0.05, 0) is 31.2 Å². The lowest BCUT2D eigenvalue weighted by molar-refractivity contribution is -0.122. The van der Waals surface area contributed by atoms with E-state index in [-0.39, 0.29) is 11.9 Å². The summed E-state index contributed by atoms with van der Waals surface area (Å²) in [6.07, 6.45) is 10.5. The number of aromatic amines is 1. The fourth-order valence-electron chi connectivity index (χ4n) is 2.71. The standard InChI is InChI=1S/C14H20N6O/c21-14(3-1-2-11-8-15-16-9-11)18-12-4-5-13-19-17-10-20(13)7-6-12/h8-10,12H,1-7H2,(H,15,16)(H,18,21). The predicted molar refractivity (Wildman–Crippen MR) is 76.4 cm³/mol. The molecule has 112 valence electrons. The lowest BCUT2D eigenvalue weighted by Gasteiger charge is -2.15. The van der Waals surface area contributed by atoms with Crippen molar-refractivity contribution in [1.82, 2.24) is 30.3 Å². The number of rotatable bonds is 5. The predicted octanol–water partition coefficient (Wildman–Crippen LogP) is 0.845. The summed E-state index contributed by atoms with van der Waals surface area (Å²) in [5.74, 6) is 1.16. The molecule has 2 aromatic heterocycles. The largest absolute Gasteiger partial charge is 0.353 e. The highest BCUT2D eigenvalue weighted by Crippen LogP contribution is 2.13. The number of amides is 1. The fourth-order valence-corrected chi connectivity index (χ4v) is 2.71. The molecule has 3 heterocycles. The number of H-pyrrole nitrogens is 1. The Labute approximate surface area is 123 Å². The van der Waals surface area contributed by atoms with Crippen LogP contribution in [0.3, 0.4) is 0 Å². The number of hydrogen-bond acceptors (Lipinski definition) is 4. The molecule has 3 rings (SSSR count). The van der Waals surface area contributed by atoms with Gasteiger partial charge in [0.25, 0.3) is 0 Å². The lowest BCUT2D eigenvalue weighted by atomic mass is 10.1. The minimum absolute atomic E-state index is 0.140. The number of hydrogen-bond donors (Lipinski definition) is 2. The maximum Gasteiger partial charge on any atom is 0.220 e. The second-order valence-corrected chi connectivity index (χ2v) is 5.49. The Morgan fingerprint density at radius 3 is 3.29 bits per heavy atom. The first-order chi connectivity index (χ1) is 10.3. The van der Waals surface area contributed by atoms with Gasteiger partial charge in [0.2, 0.25) is 5.91 Å². The third-order valence-electron chi connectivity index (χ3n) is 3.92. The molecule has 21 heavy (non-hydrogen) atoms. The Morgan fingerprint density at radius 1 is 1.48 bits per heavy atom. The summed E-state index contributed by atoms with van der Waals surface area (Å²) in [6.45, 7) is 0.877. The second kappa shape index (κ2) is 6.51. The van der Waals surface area contributed by atoms with Gasteiger partial charge in [-0.25, -0.2) is 0 Å². The first kappa shape index (κ1) is 13.8. The average molecular weight is 288 g/mol. The van der Waals surface area contributed by atoms with Crippen molar-refractivity contribution < 1.29 is 4.79 Å². The van der Waals surface area contributed by atoms with Crippen LogP contribution in [0.2, 0.25) is 0 Å². The zero-order chi connectivity index (χ0) is 14.5. The fraction of sp³-hybridized carbons (Fsp3) is 0.571. The normalized spacial score (nSPS) is 18.0. The number of carbonyl (C=O) groups excluding carboxylic acids is 1. The van der Waals surface area contributed by atoms with Gasteiger partial charge >= 0.3 is 0 Å². The molecule has 1 amide bonds. The highest BCUT2D eigenvalue weighted by Gasteiger charge is 2.18. The van der Waals surface area contributed by atoms with E-state index in [0.29, 0.717) is 6.42 Å². The van der Waals surface area contributed by atoms with E-state index < -0.39 is 0 Å². The van der Waals surface area contributed by atoms with Crippen molar-refractivity contribution in [2.45, 2.75) is 51.1 Å². The molecular weight excluding hydrogens is 268 g/mol. The van der Waals surface area contributed by atoms with Crippen molar-refractivity contribution in [2.24, 2.45) is 0 Å². The van der Waals surface area contributed by atoms with E-state index in [1.165, 1.54) is 0 Å². The summed E-state index contributed by atoms with van der Waals surface area (Å²) in [7, 11) is 0. The molecule has 0 spiro atoms. The summed E-state index contributed by atoms with van der Waals surface area (Å²) in [6, 6.07) is 0.244. The van der Waals surface area contributed by atoms with Crippen LogP contribution in [0.25, 0.3) is 0 Å². The van der Waals surface area contributed by atoms with Crippen LogP contribution >= 0.6 is 0 Å². The number of fused-ring (bicyclic) bond motifs is 1. The first-order valence-electron chi connectivity index (χ1n) is 7.45. The molecule has 7 heteroatoms. The lowest BCUT2D eigenvalue weighted by Crippen LogP contribution is -2.35. The Balaban J connectivity index is 1.40. The molecule has 7 nitrogen and oxygen atoms in total. The molecule has 0 fully saturated rings. The van der Waals surface area contributed by atoms with Crippen LogP contribution in [0.5, 0.6) is 0 Å². The second-order valence-electron chi connectivity index (χ2n) is 5.49. The first-order valence-corrected chi connectivity index (χ1v) is 7.45. The molecular formula is C14H20N6O. The van der Waals surface area contributed by atoms with E-state index in [4.69, 9.17) is 0 Å². The van der Waals surface area contributed by atoms with Gasteiger partial charge in [-0.1, -0.05) is 0 Å². The summed E-state index contributed by atoms with van der Waals surface area (Å²) < 4.78 is 2.07. The van der Waals surface area contributed by atoms with Gasteiger partial charge < -0.3 is 9.88 Å². The van der Waals surface area contributed by atoms with Crippen LogP contribution in [0.1, 0.15) is 37.1 Å². The van der Waals surface area contributed by atoms with Gasteiger partial charge in [-0.2, -0.15) is 5.10 Å². The number of carbonyl (C=O) groups is 1. The van der Waals surface area contributed by atoms with E-state index in [2.05, 4.69) is 30.3 Å². The van der Waals surface area contributed by atoms with Gasteiger partial charge in [-0.15, -0.1) is 10.2 Å². The van der Waals surface area contributed by atoms with Crippen molar-refractivity contribution >= 4 is 5.91 Å². The Kier molecular flexibility index (Phi) is 4.28. The van der Waals surface area contributed by atoms with E-state index >= 15 is 0 Å². The summed E-state index contributed by atoms with van der Waals surface area (Å²) in [5, 5.41) is 17.8. The molecule has 0 saturated heterocycles. The van der Waals surface area contributed by atoms with Crippen LogP contribution in [-0.2, 0) is 24.2 Å². The third kappa shape index (κ3) is 3.68. The number of aromatic nitrogens is 5. The van der Waals surface area contributed by atoms with E-state index in [0.717, 1.165) is 50.0 Å². The Morgan fingerprint density at radius 2 is 2.43 bits per heavy atom. The van der Waals surface area contributed by atoms with Crippen molar-refractivity contribution in [3.63, 3.8) is 0 Å². The van der Waals surface area contributed by atoms with Crippen LogP contribution in [0, 0.1) is 0 Å². The van der Waals surface area contributed by atoms with Gasteiger partial charge in [0.15, 0.2) is 0 Å². The van der Waals surface area contributed by atoms with E-state index in [9.17, 15) is 4.79 Å². The molecule has 0 aliphatic carbocycles. The molecule has 1 unspecified atom stereocenters. The summed E-state index contributed by atoms with van der Waals surface area (Å²) >= 11 is 0. The molecule has 1 atom stereocenters. The number of nitrogens with one attached hydrogen (secondary N) is 2. The number of aryl methyl sites for hydroxylation is 3. The van der Waals surface area contributed by atoms with Crippen LogP contribution < -0.4 is 5.32 Å². The minimum atomic E-state index is 0.140. The molecule has 1 aliphatic heterocycles. The zero-order valence-corrected chi connectivity index (χ0v) is 12.0.